The van der Waals surface area contributed by atoms with E-state index in [4.69, 9.17) is 9.73 Å². The number of ether oxygens (including phenoxy) is 1. The molecule has 0 spiro atoms. The highest BCUT2D eigenvalue weighted by Gasteiger charge is 2.24. The van der Waals surface area contributed by atoms with E-state index >= 15 is 0 Å². The first kappa shape index (κ1) is 26.4. The molecule has 2 heterocycles. The quantitative estimate of drug-likeness (QED) is 0.213. The first-order valence-corrected chi connectivity index (χ1v) is 11.8. The van der Waals surface area contributed by atoms with Crippen molar-refractivity contribution < 1.29 is 4.74 Å². The number of piperazine rings is 1. The molecule has 0 bridgehead atoms. The molecule has 0 radical (unpaired) electrons. The van der Waals surface area contributed by atoms with Gasteiger partial charge in [-0.1, -0.05) is 30.3 Å². The van der Waals surface area contributed by atoms with Crippen LogP contribution in [0.25, 0.3) is 0 Å². The summed E-state index contributed by atoms with van der Waals surface area (Å²) < 4.78 is 5.33. The standard InChI is InChI=1S/C24H41N5O.HI/c1-3-25-24(29-14-11-23(20-29)21-30-2)26-12-7-8-13-27-15-17-28(18-16-27)19-22-9-5-4-6-10-22;/h4-6,9-10,23H,3,7-8,11-21H2,1-2H3,(H,25,26);1H. The number of rotatable bonds is 10. The summed E-state index contributed by atoms with van der Waals surface area (Å²) in [6.45, 7) is 14.0. The molecule has 2 saturated heterocycles. The van der Waals surface area contributed by atoms with Gasteiger partial charge in [-0.15, -0.1) is 24.0 Å². The van der Waals surface area contributed by atoms with Crippen LogP contribution in [0.15, 0.2) is 35.3 Å². The average molecular weight is 544 g/mol. The molecule has 176 valence electrons. The number of guanidine groups is 1. The molecule has 2 aliphatic heterocycles. The van der Waals surface area contributed by atoms with Crippen molar-refractivity contribution in [2.45, 2.75) is 32.7 Å². The lowest BCUT2D eigenvalue weighted by Gasteiger charge is -2.34. The van der Waals surface area contributed by atoms with Crippen LogP contribution in [-0.4, -0.2) is 93.3 Å². The van der Waals surface area contributed by atoms with Crippen LogP contribution in [0.1, 0.15) is 31.7 Å². The number of unbranched alkanes of at least 4 members (excludes halogenated alkanes) is 1. The molecular weight excluding hydrogens is 501 g/mol. The van der Waals surface area contributed by atoms with Gasteiger partial charge in [0.05, 0.1) is 6.61 Å². The van der Waals surface area contributed by atoms with Crippen LogP contribution in [0.2, 0.25) is 0 Å². The maximum absolute atomic E-state index is 5.33. The number of nitrogens with zero attached hydrogens (tertiary/aromatic N) is 4. The van der Waals surface area contributed by atoms with E-state index < -0.39 is 0 Å². The zero-order chi connectivity index (χ0) is 21.0. The van der Waals surface area contributed by atoms with Crippen LogP contribution >= 0.6 is 24.0 Å². The molecule has 1 atom stereocenters. The summed E-state index contributed by atoms with van der Waals surface area (Å²) in [5, 5.41) is 3.47. The van der Waals surface area contributed by atoms with Gasteiger partial charge in [-0.05, 0) is 38.3 Å². The zero-order valence-corrected chi connectivity index (χ0v) is 21.8. The molecule has 1 N–H and O–H groups in total. The molecule has 3 rings (SSSR count). The molecule has 0 aliphatic carbocycles. The number of likely N-dealkylation sites (tertiary alicyclic amines) is 1. The third-order valence-corrected chi connectivity index (χ3v) is 6.18. The van der Waals surface area contributed by atoms with Crippen molar-refractivity contribution in [3.8, 4) is 0 Å². The Morgan fingerprint density at radius 1 is 1.06 bits per heavy atom. The molecule has 0 aromatic heterocycles. The second-order valence-corrected chi connectivity index (χ2v) is 8.60. The molecule has 2 fully saturated rings. The first-order chi connectivity index (χ1) is 14.8. The number of halogens is 1. The van der Waals surface area contributed by atoms with E-state index in [1.165, 1.54) is 51.1 Å². The molecule has 0 saturated carbocycles. The molecular formula is C24H42IN5O. The monoisotopic (exact) mass is 543 g/mol. The van der Waals surface area contributed by atoms with Crippen molar-refractivity contribution in [3.05, 3.63) is 35.9 Å². The summed E-state index contributed by atoms with van der Waals surface area (Å²) >= 11 is 0. The number of nitrogens with one attached hydrogen (secondary N) is 1. The Morgan fingerprint density at radius 2 is 1.81 bits per heavy atom. The summed E-state index contributed by atoms with van der Waals surface area (Å²) in [6.07, 6.45) is 3.59. The maximum Gasteiger partial charge on any atom is 0.193 e. The minimum Gasteiger partial charge on any atom is -0.384 e. The summed E-state index contributed by atoms with van der Waals surface area (Å²) in [5.41, 5.74) is 1.42. The predicted molar refractivity (Wildman–Crippen MR) is 140 cm³/mol. The minimum absolute atomic E-state index is 0. The molecule has 2 aliphatic rings. The molecule has 6 nitrogen and oxygen atoms in total. The van der Waals surface area contributed by atoms with E-state index in [0.717, 1.165) is 51.7 Å². The van der Waals surface area contributed by atoms with Gasteiger partial charge in [0.1, 0.15) is 0 Å². The lowest BCUT2D eigenvalue weighted by molar-refractivity contribution is 0.126. The number of aliphatic imine (C=N–C) groups is 1. The zero-order valence-electron chi connectivity index (χ0n) is 19.5. The van der Waals surface area contributed by atoms with Crippen LogP contribution in [0.3, 0.4) is 0 Å². The van der Waals surface area contributed by atoms with Crippen molar-refractivity contribution in [2.75, 3.05) is 72.6 Å². The summed E-state index contributed by atoms with van der Waals surface area (Å²) in [4.78, 5) is 12.5. The highest BCUT2D eigenvalue weighted by atomic mass is 127. The van der Waals surface area contributed by atoms with E-state index in [2.05, 4.69) is 57.3 Å². The molecule has 0 amide bonds. The van der Waals surface area contributed by atoms with Gasteiger partial charge in [0, 0.05) is 71.9 Å². The molecule has 1 unspecified atom stereocenters. The van der Waals surface area contributed by atoms with Gasteiger partial charge >= 0.3 is 0 Å². The topological polar surface area (TPSA) is 43.3 Å². The van der Waals surface area contributed by atoms with Gasteiger partial charge in [-0.2, -0.15) is 0 Å². The lowest BCUT2D eigenvalue weighted by atomic mass is 10.1. The summed E-state index contributed by atoms with van der Waals surface area (Å²) in [5.74, 6) is 1.73. The summed E-state index contributed by atoms with van der Waals surface area (Å²) in [6, 6.07) is 10.8. The van der Waals surface area contributed by atoms with Crippen LogP contribution in [-0.2, 0) is 11.3 Å². The Morgan fingerprint density at radius 3 is 2.52 bits per heavy atom. The maximum atomic E-state index is 5.33. The van der Waals surface area contributed by atoms with Crippen molar-refractivity contribution >= 4 is 29.9 Å². The number of hydrogen-bond acceptors (Lipinski definition) is 4. The van der Waals surface area contributed by atoms with Crippen LogP contribution in [0.5, 0.6) is 0 Å². The van der Waals surface area contributed by atoms with Crippen molar-refractivity contribution in [2.24, 2.45) is 10.9 Å². The number of benzene rings is 1. The van der Waals surface area contributed by atoms with Gasteiger partial charge in [-0.25, -0.2) is 0 Å². The van der Waals surface area contributed by atoms with Crippen LogP contribution in [0, 0.1) is 5.92 Å². The average Bonchev–Trinajstić information content (AvgIpc) is 3.23. The SMILES string of the molecule is CCNC(=NCCCCN1CCN(Cc2ccccc2)CC1)N1CCC(COC)C1.I. The Bertz CT molecular complexity index is 622. The second-order valence-electron chi connectivity index (χ2n) is 8.60. The van der Waals surface area contributed by atoms with E-state index in [9.17, 15) is 0 Å². The van der Waals surface area contributed by atoms with Gasteiger partial charge in [0.25, 0.3) is 0 Å². The number of hydrogen-bond donors (Lipinski definition) is 1. The normalized spacial score (nSPS) is 20.6. The smallest absolute Gasteiger partial charge is 0.193 e. The van der Waals surface area contributed by atoms with Crippen molar-refractivity contribution in [1.29, 1.82) is 0 Å². The van der Waals surface area contributed by atoms with Gasteiger partial charge in [0.15, 0.2) is 5.96 Å². The molecule has 7 heteroatoms. The minimum atomic E-state index is 0. The fourth-order valence-corrected chi connectivity index (χ4v) is 4.47. The van der Waals surface area contributed by atoms with E-state index in [0.29, 0.717) is 5.92 Å². The van der Waals surface area contributed by atoms with Gasteiger partial charge in [-0.3, -0.25) is 9.89 Å². The predicted octanol–water partition coefficient (Wildman–Crippen LogP) is 3.14. The third kappa shape index (κ3) is 9.24. The highest BCUT2D eigenvalue weighted by Crippen LogP contribution is 2.16. The Balaban J connectivity index is 0.00000341. The van der Waals surface area contributed by atoms with Crippen LogP contribution in [0.4, 0.5) is 0 Å². The second kappa shape index (κ2) is 15.0. The number of methoxy groups -OCH3 is 1. The molecule has 31 heavy (non-hydrogen) atoms. The van der Waals surface area contributed by atoms with Crippen molar-refractivity contribution in [1.82, 2.24) is 20.0 Å². The summed E-state index contributed by atoms with van der Waals surface area (Å²) in [7, 11) is 1.80. The molecule has 1 aromatic carbocycles. The fraction of sp³-hybridized carbons (Fsp3) is 0.708. The highest BCUT2D eigenvalue weighted by molar-refractivity contribution is 14.0. The van der Waals surface area contributed by atoms with Gasteiger partial charge < -0.3 is 19.9 Å². The molecule has 1 aromatic rings. The van der Waals surface area contributed by atoms with Crippen molar-refractivity contribution in [3.63, 3.8) is 0 Å². The Kier molecular flexibility index (Phi) is 12.8. The Hall–Kier alpha value is -0.900. The third-order valence-electron chi connectivity index (χ3n) is 6.18. The lowest BCUT2D eigenvalue weighted by Crippen LogP contribution is -2.46. The van der Waals surface area contributed by atoms with Crippen LogP contribution < -0.4 is 5.32 Å². The largest absolute Gasteiger partial charge is 0.384 e. The van der Waals surface area contributed by atoms with E-state index in [-0.39, 0.29) is 24.0 Å². The fourth-order valence-electron chi connectivity index (χ4n) is 4.47. The Labute approximate surface area is 206 Å². The van der Waals surface area contributed by atoms with Gasteiger partial charge in [0.2, 0.25) is 0 Å². The van der Waals surface area contributed by atoms with E-state index in [1.54, 1.807) is 7.11 Å². The first-order valence-electron chi connectivity index (χ1n) is 11.8. The van der Waals surface area contributed by atoms with E-state index in [1.807, 2.05) is 0 Å².